The molecule has 5 heteroatoms. The Morgan fingerprint density at radius 2 is 1.97 bits per heavy atom. The molecule has 0 aromatic heterocycles. The lowest BCUT2D eigenvalue weighted by Crippen LogP contribution is -2.46. The van der Waals surface area contributed by atoms with Gasteiger partial charge in [-0.2, -0.15) is 0 Å². The van der Waals surface area contributed by atoms with Crippen molar-refractivity contribution < 1.29 is 14.2 Å². The molecule has 2 bridgehead atoms. The Labute approximate surface area is 171 Å². The minimum atomic E-state index is 0.187. The summed E-state index contributed by atoms with van der Waals surface area (Å²) in [5, 5.41) is 3.73. The van der Waals surface area contributed by atoms with Crippen LogP contribution in [0.2, 0.25) is 0 Å². The second-order valence-corrected chi connectivity index (χ2v) is 8.47. The van der Waals surface area contributed by atoms with E-state index >= 15 is 0 Å². The quantitative estimate of drug-likeness (QED) is 0.813. The fourth-order valence-corrected chi connectivity index (χ4v) is 5.50. The van der Waals surface area contributed by atoms with Crippen molar-refractivity contribution >= 4 is 0 Å². The molecule has 4 aliphatic rings. The van der Waals surface area contributed by atoms with Crippen molar-refractivity contribution in [2.24, 2.45) is 0 Å². The Balaban J connectivity index is 1.31. The van der Waals surface area contributed by atoms with E-state index in [0.29, 0.717) is 18.8 Å². The van der Waals surface area contributed by atoms with Gasteiger partial charge < -0.3 is 19.5 Å². The van der Waals surface area contributed by atoms with Crippen molar-refractivity contribution in [1.29, 1.82) is 0 Å². The van der Waals surface area contributed by atoms with Crippen LogP contribution < -0.4 is 14.8 Å². The average molecular weight is 390 g/mol. The van der Waals surface area contributed by atoms with Crippen LogP contribution in [0, 0.1) is 0 Å². The molecule has 0 saturated carbocycles. The van der Waals surface area contributed by atoms with Gasteiger partial charge >= 0.3 is 0 Å². The number of fused-ring (bicyclic) bond motifs is 8. The van der Waals surface area contributed by atoms with Gasteiger partial charge in [-0.3, -0.25) is 4.90 Å². The van der Waals surface area contributed by atoms with Gasteiger partial charge in [-0.25, -0.2) is 0 Å². The highest BCUT2D eigenvalue weighted by Gasteiger charge is 2.46. The molecule has 1 fully saturated rings. The van der Waals surface area contributed by atoms with E-state index in [9.17, 15) is 0 Å². The lowest BCUT2D eigenvalue weighted by molar-refractivity contribution is 0.0491. The maximum atomic E-state index is 5.92. The van der Waals surface area contributed by atoms with Gasteiger partial charge in [0.25, 0.3) is 0 Å². The second kappa shape index (κ2) is 6.87. The van der Waals surface area contributed by atoms with Crippen LogP contribution in [0.15, 0.2) is 54.1 Å². The molecule has 0 radical (unpaired) electrons. The summed E-state index contributed by atoms with van der Waals surface area (Å²) in [6.07, 6.45) is 3.67. The largest absolute Gasteiger partial charge is 0.454 e. The predicted molar refractivity (Wildman–Crippen MR) is 110 cm³/mol. The molecule has 1 unspecified atom stereocenters. The third kappa shape index (κ3) is 2.88. The van der Waals surface area contributed by atoms with Crippen molar-refractivity contribution in [1.82, 2.24) is 10.2 Å². The summed E-state index contributed by atoms with van der Waals surface area (Å²) in [5.41, 5.74) is 5.64. The van der Waals surface area contributed by atoms with E-state index in [1.165, 1.54) is 16.7 Å². The van der Waals surface area contributed by atoms with Gasteiger partial charge in [0.1, 0.15) is 0 Å². The molecule has 5 nitrogen and oxygen atoms in total. The van der Waals surface area contributed by atoms with E-state index in [0.717, 1.165) is 37.6 Å². The van der Waals surface area contributed by atoms with Crippen LogP contribution in [0.4, 0.5) is 0 Å². The maximum absolute atomic E-state index is 5.92. The van der Waals surface area contributed by atoms with E-state index in [1.54, 1.807) is 5.57 Å². The van der Waals surface area contributed by atoms with Gasteiger partial charge in [0, 0.05) is 38.7 Å². The monoisotopic (exact) mass is 390 g/mol. The number of nitrogens with one attached hydrogen (secondary N) is 1. The van der Waals surface area contributed by atoms with Crippen LogP contribution in [-0.2, 0) is 17.8 Å². The first kappa shape index (κ1) is 17.5. The summed E-state index contributed by atoms with van der Waals surface area (Å²) in [7, 11) is 1.84. The number of hydrogen-bond acceptors (Lipinski definition) is 5. The van der Waals surface area contributed by atoms with Gasteiger partial charge in [0.2, 0.25) is 6.79 Å². The fraction of sp³-hybridized carbons (Fsp3) is 0.417. The smallest absolute Gasteiger partial charge is 0.231 e. The average Bonchev–Trinajstić information content (AvgIpc) is 3.33. The summed E-state index contributed by atoms with van der Waals surface area (Å²) in [5.74, 6) is 2.23. The van der Waals surface area contributed by atoms with Crippen LogP contribution in [-0.4, -0.2) is 43.5 Å². The van der Waals surface area contributed by atoms with Gasteiger partial charge in [0.15, 0.2) is 11.5 Å². The van der Waals surface area contributed by atoms with E-state index in [-0.39, 0.29) is 12.1 Å². The van der Waals surface area contributed by atoms with Crippen LogP contribution in [0.5, 0.6) is 11.5 Å². The first-order valence-corrected chi connectivity index (χ1v) is 10.5. The highest BCUT2D eigenvalue weighted by molar-refractivity contribution is 5.54. The van der Waals surface area contributed by atoms with Crippen LogP contribution >= 0.6 is 0 Å². The molecule has 2 aromatic carbocycles. The highest BCUT2D eigenvalue weighted by atomic mass is 16.7. The Hall–Kier alpha value is -2.34. The third-order valence-corrected chi connectivity index (χ3v) is 6.94. The first-order valence-electron chi connectivity index (χ1n) is 10.5. The molecular formula is C24H26N2O3. The first-order chi connectivity index (χ1) is 14.3. The van der Waals surface area contributed by atoms with Crippen molar-refractivity contribution in [2.75, 3.05) is 20.4 Å². The molecular weight excluding hydrogens is 364 g/mol. The van der Waals surface area contributed by atoms with E-state index < -0.39 is 0 Å². The highest BCUT2D eigenvalue weighted by Crippen LogP contribution is 2.50. The lowest BCUT2D eigenvalue weighted by Gasteiger charge is -2.35. The topological polar surface area (TPSA) is 43.0 Å². The van der Waals surface area contributed by atoms with Crippen molar-refractivity contribution in [3.05, 3.63) is 70.8 Å². The van der Waals surface area contributed by atoms with Gasteiger partial charge in [0.05, 0.1) is 12.1 Å². The Morgan fingerprint density at radius 1 is 1.14 bits per heavy atom. The molecule has 1 aliphatic carbocycles. The van der Waals surface area contributed by atoms with E-state index in [1.807, 2.05) is 7.11 Å². The fourth-order valence-electron chi connectivity index (χ4n) is 5.50. The molecule has 1 N–H and O–H groups in total. The van der Waals surface area contributed by atoms with E-state index in [2.05, 4.69) is 58.8 Å². The number of hydrogen-bond donors (Lipinski definition) is 1. The van der Waals surface area contributed by atoms with Crippen LogP contribution in [0.3, 0.4) is 0 Å². The minimum absolute atomic E-state index is 0.187. The minimum Gasteiger partial charge on any atom is -0.454 e. The van der Waals surface area contributed by atoms with Crippen molar-refractivity contribution in [3.8, 4) is 11.5 Å². The van der Waals surface area contributed by atoms with Gasteiger partial charge in [-0.05, 0) is 40.8 Å². The number of ether oxygens (including phenoxy) is 3. The molecule has 5 atom stereocenters. The van der Waals surface area contributed by atoms with Crippen molar-refractivity contribution in [2.45, 2.75) is 43.6 Å². The predicted octanol–water partition coefficient (Wildman–Crippen LogP) is 3.20. The van der Waals surface area contributed by atoms with Gasteiger partial charge in [-0.1, -0.05) is 36.4 Å². The zero-order chi connectivity index (χ0) is 19.4. The summed E-state index contributed by atoms with van der Waals surface area (Å²) in [4.78, 5) is 2.61. The molecule has 0 spiro atoms. The second-order valence-electron chi connectivity index (χ2n) is 8.47. The SMILES string of the molecule is CO[C@H]1C[C@H]2C(=C[C@@H]1NCc1ccccc1)[C@H]1CN2Cc2cc3c(cc21)OCO3. The number of rotatable bonds is 4. The van der Waals surface area contributed by atoms with Crippen molar-refractivity contribution in [3.63, 3.8) is 0 Å². The summed E-state index contributed by atoms with van der Waals surface area (Å²) in [6.45, 7) is 3.25. The lowest BCUT2D eigenvalue weighted by atomic mass is 9.81. The molecule has 29 heavy (non-hydrogen) atoms. The number of benzene rings is 2. The molecule has 3 heterocycles. The zero-order valence-electron chi connectivity index (χ0n) is 16.6. The van der Waals surface area contributed by atoms with Crippen LogP contribution in [0.25, 0.3) is 0 Å². The normalized spacial score (nSPS) is 31.2. The molecule has 0 amide bonds. The summed E-state index contributed by atoms with van der Waals surface area (Å²) < 4.78 is 17.2. The van der Waals surface area contributed by atoms with E-state index in [4.69, 9.17) is 14.2 Å². The molecule has 6 rings (SSSR count). The van der Waals surface area contributed by atoms with Gasteiger partial charge in [-0.15, -0.1) is 0 Å². The zero-order valence-corrected chi connectivity index (χ0v) is 16.6. The Kier molecular flexibility index (Phi) is 4.15. The Bertz CT molecular complexity index is 958. The molecule has 1 saturated heterocycles. The standard InChI is InChI=1S/C24H26N2O3/c1-27-22-10-21-18(8-20(22)25-11-15-5-3-2-4-6-15)19-13-26(21)12-16-7-23-24(9-17(16)19)29-14-28-23/h2-9,19-22,25H,10-14H2,1H3/t19-,20-,21-,22-/m0/s1. The molecule has 2 aromatic rings. The Morgan fingerprint density at radius 3 is 2.79 bits per heavy atom. The number of methoxy groups -OCH3 is 1. The molecule has 3 aliphatic heterocycles. The number of nitrogens with zero attached hydrogens (tertiary/aromatic N) is 1. The maximum Gasteiger partial charge on any atom is 0.231 e. The summed E-state index contributed by atoms with van der Waals surface area (Å²) >= 11 is 0. The van der Waals surface area contributed by atoms with Crippen LogP contribution in [0.1, 0.15) is 29.0 Å². The summed E-state index contributed by atoms with van der Waals surface area (Å²) in [6, 6.07) is 15.7. The third-order valence-electron chi connectivity index (χ3n) is 6.94. The molecule has 150 valence electrons.